The SMILES string of the molecule is CC(C)(C)OC(=O)CC[C@@H](CO)NC(=O)[C@H]1CCCN1C(=O)[C@@]12C[C@H]3OC(=O)[C@@H]1N(Cc1cccc(C=CC(=O)O[C@H]4C(=O)OCC4(C)C)c1)O[C@@H]2[C@H]1OC(C2CC2)(C2CC2)O[C@H]13. The van der Waals surface area contributed by atoms with E-state index in [1.807, 2.05) is 12.1 Å². The quantitative estimate of drug-likeness (QED) is 0.157. The summed E-state index contributed by atoms with van der Waals surface area (Å²) in [7, 11) is 0. The molecule has 0 unspecified atom stereocenters. The zero-order chi connectivity index (χ0) is 44.6. The van der Waals surface area contributed by atoms with Gasteiger partial charge in [0, 0.05) is 42.7 Å². The lowest BCUT2D eigenvalue weighted by atomic mass is 9.62. The second-order valence-electron chi connectivity index (χ2n) is 20.3. The Balaban J connectivity index is 0.972. The van der Waals surface area contributed by atoms with E-state index in [0.29, 0.717) is 24.0 Å². The summed E-state index contributed by atoms with van der Waals surface area (Å²) < 4.78 is 36.1. The van der Waals surface area contributed by atoms with Gasteiger partial charge < -0.3 is 43.7 Å². The van der Waals surface area contributed by atoms with Crippen LogP contribution in [-0.2, 0) is 68.6 Å². The highest BCUT2D eigenvalue weighted by Crippen LogP contribution is 2.64. The molecule has 5 aliphatic heterocycles. The summed E-state index contributed by atoms with van der Waals surface area (Å²) in [5, 5.41) is 14.6. The topological polar surface area (TPSA) is 206 Å². The first-order valence-electron chi connectivity index (χ1n) is 22.5. The summed E-state index contributed by atoms with van der Waals surface area (Å²) in [5.41, 5.74) is -1.50. The highest BCUT2D eigenvalue weighted by Gasteiger charge is 2.78. The molecule has 5 saturated heterocycles. The zero-order valence-electron chi connectivity index (χ0n) is 36.6. The molecule has 2 N–H and O–H groups in total. The molecule has 8 fully saturated rings. The lowest BCUT2D eigenvalue weighted by Crippen LogP contribution is -2.70. The van der Waals surface area contributed by atoms with Gasteiger partial charge in [-0.1, -0.05) is 38.1 Å². The first-order chi connectivity index (χ1) is 29.9. The van der Waals surface area contributed by atoms with Crippen molar-refractivity contribution in [2.45, 2.75) is 159 Å². The second kappa shape index (κ2) is 16.2. The molecule has 0 spiro atoms. The number of aliphatic hydroxyl groups excluding tert-OH is 1. The molecule has 1 aromatic rings. The highest BCUT2D eigenvalue weighted by molar-refractivity contribution is 5.97. The minimum absolute atomic E-state index is 0.0181. The molecule has 63 heavy (non-hydrogen) atoms. The number of cyclic esters (lactones) is 1. The number of likely N-dealkylation sites (tertiary alicyclic amines) is 1. The van der Waals surface area contributed by atoms with Gasteiger partial charge in [-0.2, -0.15) is 5.06 Å². The van der Waals surface area contributed by atoms with E-state index < -0.39 is 113 Å². The predicted molar refractivity (Wildman–Crippen MR) is 218 cm³/mol. The van der Waals surface area contributed by atoms with E-state index in [4.69, 9.17) is 33.3 Å². The molecular weight excluding hydrogens is 819 g/mol. The van der Waals surface area contributed by atoms with Crippen molar-refractivity contribution >= 4 is 41.8 Å². The first-order valence-corrected chi connectivity index (χ1v) is 22.5. The fourth-order valence-electron chi connectivity index (χ4n) is 10.6. The molecule has 0 aromatic heterocycles. The van der Waals surface area contributed by atoms with Crippen LogP contribution in [0.3, 0.4) is 0 Å². The van der Waals surface area contributed by atoms with Crippen LogP contribution in [0.5, 0.6) is 0 Å². The Kier molecular flexibility index (Phi) is 11.3. The van der Waals surface area contributed by atoms with Crippen molar-refractivity contribution < 1.29 is 67.1 Å². The summed E-state index contributed by atoms with van der Waals surface area (Å²) in [6.07, 6.45) is 3.60. The maximum absolute atomic E-state index is 15.5. The van der Waals surface area contributed by atoms with E-state index in [1.165, 1.54) is 11.1 Å². The lowest BCUT2D eigenvalue weighted by Gasteiger charge is -2.50. The van der Waals surface area contributed by atoms with Crippen LogP contribution >= 0.6 is 0 Å². The summed E-state index contributed by atoms with van der Waals surface area (Å²) in [6, 6.07) is 4.39. The van der Waals surface area contributed by atoms with Gasteiger partial charge in [0.1, 0.15) is 48.1 Å². The van der Waals surface area contributed by atoms with Gasteiger partial charge in [0.25, 0.3) is 0 Å². The van der Waals surface area contributed by atoms with Crippen LogP contribution in [0.2, 0.25) is 0 Å². The standard InChI is InChI=1S/C46H59N3O14/c1-43(2,3)60-33(52)18-16-29(23-50)47-39(53)30-10-7-19-48(30)42(56)45-21-31-34-35(62-46(61-34,27-12-13-27)28-14-15-28)37(45)63-49(36(45)40(54)58-31)22-26-9-6-8-25(20-26)11-17-32(51)59-38-41(55)57-24-44(38,4)5/h6,8-9,11,17,20,27-31,34-38,50H,7,10,12-16,18-19,21-24H2,1-5H3,(H,47,53)/t29-,30+,31+,34-,35-,36-,37+,38-,45-/m0/s1. The Labute approximate surface area is 366 Å². The summed E-state index contributed by atoms with van der Waals surface area (Å²) in [4.78, 5) is 89.8. The van der Waals surface area contributed by atoms with E-state index in [1.54, 1.807) is 57.7 Å². The molecule has 2 amide bonds. The summed E-state index contributed by atoms with van der Waals surface area (Å²) in [5.74, 6) is -3.70. The van der Waals surface area contributed by atoms with E-state index in [9.17, 15) is 29.1 Å². The van der Waals surface area contributed by atoms with Gasteiger partial charge >= 0.3 is 23.9 Å². The maximum atomic E-state index is 15.5. The third kappa shape index (κ3) is 8.17. The molecule has 17 nitrogen and oxygen atoms in total. The smallest absolute Gasteiger partial charge is 0.348 e. The van der Waals surface area contributed by atoms with Crippen molar-refractivity contribution in [1.29, 1.82) is 0 Å². The molecule has 0 radical (unpaired) electrons. The number of carbonyl (C=O) groups excluding carboxylic acids is 6. The van der Waals surface area contributed by atoms with Crippen LogP contribution in [0.25, 0.3) is 6.08 Å². The van der Waals surface area contributed by atoms with Crippen molar-refractivity contribution in [3.8, 4) is 0 Å². The van der Waals surface area contributed by atoms with Crippen LogP contribution in [-0.4, -0.2) is 131 Å². The van der Waals surface area contributed by atoms with E-state index in [0.717, 1.165) is 25.7 Å². The van der Waals surface area contributed by atoms with E-state index in [-0.39, 0.29) is 50.8 Å². The van der Waals surface area contributed by atoms with Crippen LogP contribution in [0, 0.1) is 22.7 Å². The fourth-order valence-corrected chi connectivity index (χ4v) is 10.6. The molecule has 8 aliphatic rings. The molecule has 2 bridgehead atoms. The molecule has 3 aliphatic carbocycles. The third-order valence-corrected chi connectivity index (χ3v) is 13.8. The number of hydrogen-bond donors (Lipinski definition) is 2. The van der Waals surface area contributed by atoms with Crippen LogP contribution in [0.4, 0.5) is 0 Å². The molecule has 9 rings (SSSR count). The van der Waals surface area contributed by atoms with Gasteiger partial charge in [-0.05, 0) is 82.9 Å². The van der Waals surface area contributed by atoms with Crippen molar-refractivity contribution in [1.82, 2.24) is 15.3 Å². The van der Waals surface area contributed by atoms with Gasteiger partial charge in [-0.3, -0.25) is 24.0 Å². The Morgan fingerprint density at radius 2 is 1.75 bits per heavy atom. The number of aliphatic hydroxyl groups is 1. The zero-order valence-corrected chi connectivity index (χ0v) is 36.6. The van der Waals surface area contributed by atoms with Gasteiger partial charge in [0.2, 0.25) is 17.9 Å². The third-order valence-electron chi connectivity index (χ3n) is 13.8. The number of benzene rings is 1. The number of amides is 2. The monoisotopic (exact) mass is 877 g/mol. The molecule has 9 atom stereocenters. The van der Waals surface area contributed by atoms with Crippen molar-refractivity contribution in [3.05, 3.63) is 41.5 Å². The van der Waals surface area contributed by atoms with Gasteiger partial charge in [0.05, 0.1) is 19.2 Å². The number of nitrogens with zero attached hydrogens (tertiary/aromatic N) is 2. The highest BCUT2D eigenvalue weighted by atomic mass is 16.8. The largest absolute Gasteiger partial charge is 0.462 e. The Bertz CT molecular complexity index is 2050. The predicted octanol–water partition coefficient (Wildman–Crippen LogP) is 2.88. The fraction of sp³-hybridized carbons (Fsp3) is 0.696. The molecule has 5 heterocycles. The van der Waals surface area contributed by atoms with Gasteiger partial charge in [-0.15, -0.1) is 0 Å². The molecular formula is C46H59N3O14. The molecule has 1 aromatic carbocycles. The first kappa shape index (κ1) is 43.8. The lowest BCUT2D eigenvalue weighted by molar-refractivity contribution is -0.235. The average Bonchev–Trinajstić information content (AvgIpc) is 4.13. The molecule has 3 saturated carbocycles. The average molecular weight is 878 g/mol. The van der Waals surface area contributed by atoms with Gasteiger partial charge in [0.15, 0.2) is 11.8 Å². The van der Waals surface area contributed by atoms with Crippen molar-refractivity contribution in [2.24, 2.45) is 22.7 Å². The van der Waals surface area contributed by atoms with E-state index in [2.05, 4.69) is 5.32 Å². The Hall–Kier alpha value is -4.42. The normalized spacial score (nSPS) is 33.4. The molecule has 342 valence electrons. The van der Waals surface area contributed by atoms with Crippen molar-refractivity contribution in [3.63, 3.8) is 0 Å². The second-order valence-corrected chi connectivity index (χ2v) is 20.3. The minimum Gasteiger partial charge on any atom is -0.462 e. The summed E-state index contributed by atoms with van der Waals surface area (Å²) >= 11 is 0. The van der Waals surface area contributed by atoms with Gasteiger partial charge in [-0.25, -0.2) is 9.59 Å². The number of fused-ring (bicyclic) bond motifs is 4. The van der Waals surface area contributed by atoms with E-state index >= 15 is 4.79 Å². The van der Waals surface area contributed by atoms with Crippen LogP contribution in [0.1, 0.15) is 104 Å². The molecule has 17 heteroatoms. The number of nitrogens with one attached hydrogen (secondary N) is 1. The number of rotatable bonds is 14. The Morgan fingerprint density at radius 1 is 1.02 bits per heavy atom. The van der Waals surface area contributed by atoms with Crippen molar-refractivity contribution in [2.75, 3.05) is 19.8 Å². The number of ether oxygens (including phenoxy) is 6. The number of hydroxylamine groups is 2. The number of hydrogen-bond acceptors (Lipinski definition) is 15. The maximum Gasteiger partial charge on any atom is 0.348 e. The van der Waals surface area contributed by atoms with Crippen LogP contribution < -0.4 is 5.32 Å². The number of esters is 4. The van der Waals surface area contributed by atoms with Crippen LogP contribution in [0.15, 0.2) is 30.3 Å². The summed E-state index contributed by atoms with van der Waals surface area (Å²) in [6.45, 7) is 8.91. The Morgan fingerprint density at radius 3 is 2.41 bits per heavy atom. The minimum atomic E-state index is -1.50. The number of carbonyl (C=O) groups is 6.